The molecule has 4 rings (SSSR count). The third-order valence-electron chi connectivity index (χ3n) is 6.80. The minimum Gasteiger partial charge on any atom is -0.366 e. The van der Waals surface area contributed by atoms with Crippen LogP contribution in [0.3, 0.4) is 0 Å². The smallest absolute Gasteiger partial charge is 0.169 e. The van der Waals surface area contributed by atoms with Crippen LogP contribution in [0.4, 0.5) is 0 Å². The Morgan fingerprint density at radius 3 is 2.44 bits per heavy atom. The molecule has 0 amide bonds. The molecule has 186 valence electrons. The summed E-state index contributed by atoms with van der Waals surface area (Å²) in [5, 5.41) is 18.4. The number of benzene rings is 3. The van der Waals surface area contributed by atoms with Crippen LogP contribution in [0.25, 0.3) is 0 Å². The molecule has 0 saturated carbocycles. The average Bonchev–Trinajstić information content (AvgIpc) is 2.92. The van der Waals surface area contributed by atoms with Crippen LogP contribution in [0.5, 0.6) is 0 Å². The maximum atomic E-state index is 14.0. The van der Waals surface area contributed by atoms with Crippen molar-refractivity contribution < 1.29 is 9.53 Å². The van der Waals surface area contributed by atoms with E-state index in [4.69, 9.17) is 27.9 Å². The van der Waals surface area contributed by atoms with Crippen molar-refractivity contribution >= 4 is 29.0 Å². The Hall–Kier alpha value is -2.72. The van der Waals surface area contributed by atoms with Gasteiger partial charge in [-0.1, -0.05) is 89.9 Å². The summed E-state index contributed by atoms with van der Waals surface area (Å²) in [6.45, 7) is 3.13. The van der Waals surface area contributed by atoms with Crippen molar-refractivity contribution in [2.24, 2.45) is 5.92 Å². The number of rotatable bonds is 9. The molecular formula is C29H29Cl2N3O2. The van der Waals surface area contributed by atoms with Crippen LogP contribution >= 0.6 is 23.2 Å². The first kappa shape index (κ1) is 26.3. The number of piperidine rings is 1. The lowest BCUT2D eigenvalue weighted by Crippen LogP contribution is -2.63. The SMILES string of the molecule is CC(OCc1ccc(Cl)c(Cl)c1)C(=O)C1C(NCc2ccccc2)NCCC1(C#N)c1ccccc1. The number of nitrogens with one attached hydrogen (secondary N) is 2. The number of carbonyl (C=O) groups is 1. The molecule has 4 atom stereocenters. The molecule has 5 nitrogen and oxygen atoms in total. The molecule has 3 aromatic carbocycles. The van der Waals surface area contributed by atoms with E-state index in [1.165, 1.54) is 0 Å². The predicted octanol–water partition coefficient (Wildman–Crippen LogP) is 5.65. The number of nitrogens with zero attached hydrogens (tertiary/aromatic N) is 1. The molecule has 0 spiro atoms. The maximum absolute atomic E-state index is 14.0. The van der Waals surface area contributed by atoms with Gasteiger partial charge in [-0.05, 0) is 48.7 Å². The van der Waals surface area contributed by atoms with Gasteiger partial charge < -0.3 is 10.1 Å². The molecule has 7 heteroatoms. The number of ether oxygens (including phenoxy) is 1. The molecule has 0 bridgehead atoms. The summed E-state index contributed by atoms with van der Waals surface area (Å²) in [4.78, 5) is 14.0. The molecule has 3 aromatic rings. The highest BCUT2D eigenvalue weighted by molar-refractivity contribution is 6.42. The summed E-state index contributed by atoms with van der Waals surface area (Å²) in [5.74, 6) is -0.788. The molecule has 1 saturated heterocycles. The van der Waals surface area contributed by atoms with E-state index in [-0.39, 0.29) is 12.4 Å². The number of carbonyl (C=O) groups excluding carboxylic acids is 1. The first-order chi connectivity index (χ1) is 17.4. The van der Waals surface area contributed by atoms with Crippen molar-refractivity contribution in [1.29, 1.82) is 5.26 Å². The van der Waals surface area contributed by atoms with Crippen LogP contribution in [0, 0.1) is 17.2 Å². The topological polar surface area (TPSA) is 74.2 Å². The zero-order valence-electron chi connectivity index (χ0n) is 20.1. The van der Waals surface area contributed by atoms with Crippen molar-refractivity contribution in [2.75, 3.05) is 6.54 Å². The molecule has 0 aliphatic carbocycles. The molecular weight excluding hydrogens is 493 g/mol. The monoisotopic (exact) mass is 521 g/mol. The molecule has 4 unspecified atom stereocenters. The van der Waals surface area contributed by atoms with E-state index >= 15 is 0 Å². The van der Waals surface area contributed by atoms with E-state index in [2.05, 4.69) is 16.7 Å². The van der Waals surface area contributed by atoms with E-state index in [1.54, 1.807) is 19.1 Å². The van der Waals surface area contributed by atoms with Gasteiger partial charge in [0.2, 0.25) is 0 Å². The van der Waals surface area contributed by atoms with E-state index in [0.717, 1.165) is 16.7 Å². The maximum Gasteiger partial charge on any atom is 0.169 e. The number of halogens is 2. The minimum atomic E-state index is -0.987. The Bertz CT molecular complexity index is 1220. The third kappa shape index (κ3) is 5.81. The van der Waals surface area contributed by atoms with Gasteiger partial charge in [-0.25, -0.2) is 0 Å². The zero-order valence-corrected chi connectivity index (χ0v) is 21.6. The third-order valence-corrected chi connectivity index (χ3v) is 7.54. The first-order valence-corrected chi connectivity index (χ1v) is 12.8. The van der Waals surface area contributed by atoms with Gasteiger partial charge in [0.25, 0.3) is 0 Å². The van der Waals surface area contributed by atoms with Crippen molar-refractivity contribution in [3.05, 3.63) is 106 Å². The van der Waals surface area contributed by atoms with Crippen molar-refractivity contribution in [2.45, 2.75) is 44.2 Å². The fourth-order valence-electron chi connectivity index (χ4n) is 4.84. The quantitative estimate of drug-likeness (QED) is 0.380. The number of hydrogen-bond donors (Lipinski definition) is 2. The van der Waals surface area contributed by atoms with E-state index in [9.17, 15) is 10.1 Å². The number of ketones is 1. The second kappa shape index (κ2) is 12.0. The van der Waals surface area contributed by atoms with E-state index in [0.29, 0.717) is 29.6 Å². The Kier molecular flexibility index (Phi) is 8.79. The number of nitriles is 1. The Balaban J connectivity index is 1.60. The molecule has 1 aliphatic heterocycles. The lowest BCUT2D eigenvalue weighted by Gasteiger charge is -2.45. The van der Waals surface area contributed by atoms with Crippen LogP contribution in [-0.2, 0) is 28.1 Å². The standard InChI is InChI=1S/C29H29Cl2N3O2/c1-20(36-18-22-12-13-24(30)25(31)16-22)27(35)26-28(34-17-21-8-4-2-5-9-21)33-15-14-29(26,19-32)23-10-6-3-7-11-23/h2-13,16,20,26,28,33-34H,14-15,17-18H2,1H3. The highest BCUT2D eigenvalue weighted by Gasteiger charge is 2.52. The normalized spacial score (nSPS) is 22.5. The van der Waals surface area contributed by atoms with Gasteiger partial charge in [-0.2, -0.15) is 5.26 Å². The Morgan fingerprint density at radius 2 is 1.78 bits per heavy atom. The summed E-state index contributed by atoms with van der Waals surface area (Å²) in [6, 6.07) is 27.4. The minimum absolute atomic E-state index is 0.127. The summed E-state index contributed by atoms with van der Waals surface area (Å²) in [7, 11) is 0. The average molecular weight is 522 g/mol. The first-order valence-electron chi connectivity index (χ1n) is 12.0. The molecule has 0 aromatic heterocycles. The van der Waals surface area contributed by atoms with E-state index in [1.807, 2.05) is 66.7 Å². The largest absolute Gasteiger partial charge is 0.366 e. The molecule has 1 fully saturated rings. The summed E-state index contributed by atoms with van der Waals surface area (Å²) >= 11 is 12.2. The van der Waals surface area contributed by atoms with Gasteiger partial charge >= 0.3 is 0 Å². The van der Waals surface area contributed by atoms with Gasteiger partial charge in [-0.15, -0.1) is 0 Å². The van der Waals surface area contributed by atoms with Crippen molar-refractivity contribution in [3.8, 4) is 6.07 Å². The Labute approximate surface area is 222 Å². The van der Waals surface area contributed by atoms with Crippen LogP contribution in [0.15, 0.2) is 78.9 Å². The van der Waals surface area contributed by atoms with Gasteiger partial charge in [0, 0.05) is 6.54 Å². The number of Topliss-reactive ketones (excluding diaryl/α,β-unsaturated/α-hetero) is 1. The zero-order chi connectivity index (χ0) is 25.5. The second-order valence-corrected chi connectivity index (χ2v) is 9.89. The van der Waals surface area contributed by atoms with Crippen LogP contribution in [-0.4, -0.2) is 24.6 Å². The Morgan fingerprint density at radius 1 is 1.08 bits per heavy atom. The van der Waals surface area contributed by atoms with Crippen LogP contribution in [0.2, 0.25) is 10.0 Å². The fourth-order valence-corrected chi connectivity index (χ4v) is 5.16. The highest BCUT2D eigenvalue weighted by atomic mass is 35.5. The van der Waals surface area contributed by atoms with Crippen LogP contribution < -0.4 is 10.6 Å². The van der Waals surface area contributed by atoms with Gasteiger partial charge in [0.1, 0.15) is 6.10 Å². The molecule has 1 aliphatic rings. The van der Waals surface area contributed by atoms with Gasteiger partial charge in [0.05, 0.1) is 40.2 Å². The summed E-state index contributed by atoms with van der Waals surface area (Å²) in [5.41, 5.74) is 1.77. The van der Waals surface area contributed by atoms with Crippen LogP contribution in [0.1, 0.15) is 30.0 Å². The fraction of sp³-hybridized carbons (Fsp3) is 0.310. The van der Waals surface area contributed by atoms with Gasteiger partial charge in [0.15, 0.2) is 5.78 Å². The molecule has 1 heterocycles. The molecule has 36 heavy (non-hydrogen) atoms. The number of hydrogen-bond acceptors (Lipinski definition) is 5. The molecule has 0 radical (unpaired) electrons. The predicted molar refractivity (Wildman–Crippen MR) is 143 cm³/mol. The van der Waals surface area contributed by atoms with Gasteiger partial charge in [-0.3, -0.25) is 10.1 Å². The summed E-state index contributed by atoms with van der Waals surface area (Å²) in [6.07, 6.45) is -0.614. The molecule has 2 N–H and O–H groups in total. The van der Waals surface area contributed by atoms with Crippen molar-refractivity contribution in [3.63, 3.8) is 0 Å². The van der Waals surface area contributed by atoms with E-state index < -0.39 is 23.6 Å². The lowest BCUT2D eigenvalue weighted by atomic mass is 9.63. The second-order valence-electron chi connectivity index (χ2n) is 9.08. The lowest BCUT2D eigenvalue weighted by molar-refractivity contribution is -0.138. The summed E-state index contributed by atoms with van der Waals surface area (Å²) < 4.78 is 6.01. The van der Waals surface area contributed by atoms with Crippen molar-refractivity contribution in [1.82, 2.24) is 10.6 Å². The highest BCUT2D eigenvalue weighted by Crippen LogP contribution is 2.41.